The van der Waals surface area contributed by atoms with Gasteiger partial charge in [0.1, 0.15) is 35.0 Å². The second-order valence-electron chi connectivity index (χ2n) is 25.7. The second kappa shape index (κ2) is 35.9. The van der Waals surface area contributed by atoms with Crippen molar-refractivity contribution in [2.24, 2.45) is 38.4 Å². The first-order chi connectivity index (χ1) is 33.2. The van der Waals surface area contributed by atoms with Crippen molar-refractivity contribution in [1.29, 1.82) is 0 Å². The van der Waals surface area contributed by atoms with E-state index in [0.717, 1.165) is 50.7 Å². The van der Waals surface area contributed by atoms with E-state index >= 15 is 0 Å². The van der Waals surface area contributed by atoms with Gasteiger partial charge >= 0.3 is 6.03 Å². The van der Waals surface area contributed by atoms with Crippen LogP contribution in [0.5, 0.6) is 0 Å². The highest BCUT2D eigenvalue weighted by atomic mass is 32.2. The molecular weight excluding hydrogens is 937 g/mol. The number of ketones is 6. The fourth-order valence-electron chi connectivity index (χ4n) is 7.24. The molecule has 11 nitrogen and oxygen atoms in total. The minimum Gasteiger partial charge on any atom is -0.396 e. The van der Waals surface area contributed by atoms with Gasteiger partial charge < -0.3 is 20.8 Å². The van der Waals surface area contributed by atoms with Gasteiger partial charge in [0.2, 0.25) is 0 Å². The maximum absolute atomic E-state index is 11.8. The van der Waals surface area contributed by atoms with Gasteiger partial charge in [-0.2, -0.15) is 11.8 Å². The number of Topliss-reactive ketones (excluding diaryl/α,β-unsaturated/α-hetero) is 6. The van der Waals surface area contributed by atoms with E-state index in [4.69, 9.17) is 5.11 Å². The first-order valence-corrected chi connectivity index (χ1v) is 28.4. The van der Waals surface area contributed by atoms with Crippen LogP contribution in [0.3, 0.4) is 0 Å². The molecule has 0 unspecified atom stereocenters. The van der Waals surface area contributed by atoms with Gasteiger partial charge in [-0.15, -0.1) is 0 Å². The number of carbonyl (C=O) groups is 7. The Balaban J connectivity index is -0.000000855. The van der Waals surface area contributed by atoms with Crippen LogP contribution in [0.25, 0.3) is 0 Å². The van der Waals surface area contributed by atoms with Crippen molar-refractivity contribution in [1.82, 2.24) is 10.6 Å². The van der Waals surface area contributed by atoms with Crippen LogP contribution in [-0.2, 0) is 28.8 Å². The smallest absolute Gasteiger partial charge is 0.315 e. The summed E-state index contributed by atoms with van der Waals surface area (Å²) in [7, 11) is 0. The summed E-state index contributed by atoms with van der Waals surface area (Å²) in [5.74, 6) is 2.31. The number of urea groups is 1. The quantitative estimate of drug-likeness (QED) is 0.0412. The van der Waals surface area contributed by atoms with E-state index in [-0.39, 0.29) is 69.7 Å². The van der Waals surface area contributed by atoms with Gasteiger partial charge in [-0.1, -0.05) is 188 Å². The molecule has 2 aliphatic rings. The van der Waals surface area contributed by atoms with Crippen LogP contribution in [0.2, 0.25) is 0 Å². The fourth-order valence-corrected chi connectivity index (χ4v) is 8.78. The molecule has 73 heavy (non-hydrogen) atoms. The maximum Gasteiger partial charge on any atom is 0.315 e. The van der Waals surface area contributed by atoms with Crippen molar-refractivity contribution in [2.75, 3.05) is 12.4 Å². The summed E-state index contributed by atoms with van der Waals surface area (Å²) in [6.45, 7) is 40.9. The van der Waals surface area contributed by atoms with Crippen LogP contribution < -0.4 is 10.6 Å². The average Bonchev–Trinajstić information content (AvgIpc) is 3.82. The zero-order chi connectivity index (χ0) is 57.6. The Morgan fingerprint density at radius 3 is 1.53 bits per heavy atom. The molecule has 2 amide bonds. The molecule has 4 N–H and O–H groups in total. The number of amides is 2. The summed E-state index contributed by atoms with van der Waals surface area (Å²) in [5.41, 5.74) is -1.66. The number of allylic oxidation sites excluding steroid dienone is 6. The van der Waals surface area contributed by atoms with Crippen LogP contribution in [0.4, 0.5) is 4.79 Å². The zero-order valence-electron chi connectivity index (χ0n) is 50.3. The van der Waals surface area contributed by atoms with Crippen LogP contribution in [0.15, 0.2) is 36.5 Å². The largest absolute Gasteiger partial charge is 0.396 e. The minimum atomic E-state index is -1.17. The number of aliphatic hydroxyl groups is 2. The van der Waals surface area contributed by atoms with Gasteiger partial charge in [0, 0.05) is 82.5 Å². The summed E-state index contributed by atoms with van der Waals surface area (Å²) in [5, 5.41) is 25.3. The highest BCUT2D eigenvalue weighted by Crippen LogP contribution is 2.34. The normalized spacial score (nSPS) is 17.5. The Labute approximate surface area is 451 Å². The maximum atomic E-state index is 11.8. The monoisotopic (exact) mass is 1050 g/mol. The van der Waals surface area contributed by atoms with Gasteiger partial charge in [0.15, 0.2) is 5.78 Å². The Kier molecular flexibility index (Phi) is 36.4. The van der Waals surface area contributed by atoms with E-state index in [1.807, 2.05) is 126 Å². The van der Waals surface area contributed by atoms with E-state index in [9.17, 15) is 38.7 Å². The molecule has 424 valence electrons. The van der Waals surface area contributed by atoms with Crippen molar-refractivity contribution in [3.63, 3.8) is 0 Å². The van der Waals surface area contributed by atoms with Gasteiger partial charge in [0.25, 0.3) is 0 Å². The van der Waals surface area contributed by atoms with Gasteiger partial charge in [0.05, 0.1) is 18.7 Å². The predicted octanol–water partition coefficient (Wildman–Crippen LogP) is 13.9. The van der Waals surface area contributed by atoms with Crippen LogP contribution >= 0.6 is 11.8 Å². The molecule has 0 aromatic heterocycles. The number of hydrogen-bond donors (Lipinski definition) is 4. The molecule has 2 heterocycles. The third-order valence-corrected chi connectivity index (χ3v) is 13.8. The molecular formula is C61H110N2O9S. The molecule has 0 aromatic carbocycles. The lowest BCUT2D eigenvalue weighted by Crippen LogP contribution is -2.39. The third-order valence-electron chi connectivity index (χ3n) is 12.3. The Bertz CT molecular complexity index is 1750. The molecule has 4 atom stereocenters. The fraction of sp³-hybridized carbons (Fsp3) is 0.787. The molecule has 0 saturated carbocycles. The number of thioether (sulfide) groups is 1. The minimum absolute atomic E-state index is 0.0248. The van der Waals surface area contributed by atoms with E-state index in [0.29, 0.717) is 72.9 Å². The number of unbranched alkanes of at least 4 members (excludes halogenated alkanes) is 1. The molecule has 0 aromatic rings. The molecule has 2 rings (SSSR count). The van der Waals surface area contributed by atoms with Gasteiger partial charge in [-0.25, -0.2) is 4.79 Å². The molecule has 2 saturated heterocycles. The van der Waals surface area contributed by atoms with E-state index in [1.54, 1.807) is 13.8 Å². The highest BCUT2D eigenvalue weighted by molar-refractivity contribution is 8.00. The van der Waals surface area contributed by atoms with Gasteiger partial charge in [-0.05, 0) is 50.4 Å². The predicted molar refractivity (Wildman–Crippen MR) is 308 cm³/mol. The zero-order valence-corrected chi connectivity index (χ0v) is 51.1. The van der Waals surface area contributed by atoms with Crippen molar-refractivity contribution in [3.05, 3.63) is 36.5 Å². The standard InChI is InChI=1S/C14H24N2O2S.C14H26O4.C12H22O.C11H20O.C10H18O/c1-14(2,3)11(17)7-5-4-6-10-12-9(8-19-10)15-13(18)16-12;1-13(2,3)11(17)8-6-7-10(16)12(18)14(4,5)9-15;1-6-7-8-9-12(4,5)11(13)10(2)3;1-5-6-7-8-10(12)9-11(2,3)4;1-5-6-7-8-9(11)10(2,3)4/h9-10,12H,4-8H2,1-3H3,(H2,15,16,18);12,15,18H,6-9H2,1-5H3;7-8,10H,6,9H2,1-5H3;6-7H,5,8-9H2,1-4H3;6-7H,5,8H2,1-4H3/b;;8-7-;2*7-6-/t9-,10-,12-;12-;;;/m00.../s1. The molecule has 0 bridgehead atoms. The second-order valence-corrected chi connectivity index (χ2v) is 27.0. The molecule has 0 radical (unpaired) electrons. The topological polar surface area (TPSA) is 184 Å². The summed E-state index contributed by atoms with van der Waals surface area (Å²) >= 11 is 1.94. The highest BCUT2D eigenvalue weighted by Gasteiger charge is 2.42. The van der Waals surface area contributed by atoms with Crippen LogP contribution in [0, 0.1) is 38.4 Å². The van der Waals surface area contributed by atoms with Crippen molar-refractivity contribution < 1.29 is 43.8 Å². The van der Waals surface area contributed by atoms with Crippen molar-refractivity contribution in [2.45, 2.75) is 259 Å². The lowest BCUT2D eigenvalue weighted by molar-refractivity contribution is -0.135. The average molecular weight is 1050 g/mol. The van der Waals surface area contributed by atoms with Crippen LogP contribution in [-0.4, -0.2) is 86.7 Å². The Hall–Kier alpha value is -3.22. The van der Waals surface area contributed by atoms with Crippen molar-refractivity contribution in [3.8, 4) is 0 Å². The van der Waals surface area contributed by atoms with Crippen LogP contribution in [0.1, 0.15) is 235 Å². The lowest BCUT2D eigenvalue weighted by Gasteiger charge is -2.27. The number of nitrogens with one attached hydrogen (secondary N) is 2. The number of rotatable bonds is 24. The number of carbonyl (C=O) groups excluding carboxylic acids is 7. The van der Waals surface area contributed by atoms with Gasteiger partial charge in [-0.3, -0.25) is 28.8 Å². The Morgan fingerprint density at radius 1 is 0.630 bits per heavy atom. The van der Waals surface area contributed by atoms with E-state index in [2.05, 4.69) is 64.3 Å². The summed E-state index contributed by atoms with van der Waals surface area (Å²) in [6.07, 6.45) is 21.6. The summed E-state index contributed by atoms with van der Waals surface area (Å²) in [6, 6.07) is 0.567. The summed E-state index contributed by atoms with van der Waals surface area (Å²) < 4.78 is 0. The molecule has 0 aliphatic carbocycles. The molecule has 0 spiro atoms. The first kappa shape index (κ1) is 74.0. The SMILES string of the molecule is CC(C)(C)C(=O)CCCC(=O)[C@H](O)C(C)(C)CO.CC(C)(C)C(=O)CCCC[C@@H]1SC[C@@H]2NC(=O)N[C@@H]21.CC/C=C\CC(=O)C(C)(C)C.CC/C=C\CC(=O)CC(C)(C)C.CC/C=C\CC(C)(C)C(=O)C(C)C. The third kappa shape index (κ3) is 35.6. The van der Waals surface area contributed by atoms with E-state index in [1.165, 1.54) is 0 Å². The van der Waals surface area contributed by atoms with Crippen molar-refractivity contribution >= 4 is 52.5 Å². The lowest BCUT2D eigenvalue weighted by atomic mass is 9.79. The summed E-state index contributed by atoms with van der Waals surface area (Å²) in [4.78, 5) is 80.7. The molecule has 2 aliphatic heterocycles. The number of aliphatic hydroxyl groups excluding tert-OH is 2. The number of hydrogen-bond acceptors (Lipinski definition) is 10. The number of fused-ring (bicyclic) bond motifs is 1. The molecule has 12 heteroatoms. The molecule has 2 fully saturated rings. The first-order valence-electron chi connectivity index (χ1n) is 27.4. The van der Waals surface area contributed by atoms with E-state index < -0.39 is 11.5 Å². The Morgan fingerprint density at radius 2 is 1.10 bits per heavy atom.